The molecule has 0 amide bonds. The van der Waals surface area contributed by atoms with Crippen molar-refractivity contribution < 1.29 is 18.7 Å². The zero-order valence-electron chi connectivity index (χ0n) is 14.9. The smallest absolute Gasteiger partial charge is 0.340 e. The van der Waals surface area contributed by atoms with E-state index in [1.54, 1.807) is 25.1 Å². The molecule has 0 radical (unpaired) electrons. The van der Waals surface area contributed by atoms with Crippen LogP contribution in [-0.2, 0) is 9.53 Å². The Kier molecular flexibility index (Phi) is 4.60. The van der Waals surface area contributed by atoms with Crippen LogP contribution in [-0.4, -0.2) is 12.6 Å². The minimum atomic E-state index is -1.02. The molecule has 1 aliphatic rings. The van der Waals surface area contributed by atoms with Gasteiger partial charge in [-0.15, -0.1) is 0 Å². The molecule has 0 spiro atoms. The fraction of sp³-hybridized carbons (Fsp3) is 0.143. The summed E-state index contributed by atoms with van der Waals surface area (Å²) >= 11 is 1.02. The number of carbonyl (C=O) groups excluding carboxylic acids is 1. The van der Waals surface area contributed by atoms with Crippen LogP contribution in [0.1, 0.15) is 24.0 Å². The molecule has 1 aromatic heterocycles. The molecular weight excluding hydrogens is 381 g/mol. The quantitative estimate of drug-likeness (QED) is 0.683. The van der Waals surface area contributed by atoms with Gasteiger partial charge in [0.1, 0.15) is 17.1 Å². The highest BCUT2D eigenvalue weighted by Gasteiger charge is 2.39. The lowest BCUT2D eigenvalue weighted by Gasteiger charge is -2.28. The van der Waals surface area contributed by atoms with E-state index < -0.39 is 17.7 Å². The van der Waals surface area contributed by atoms with Gasteiger partial charge in [0.15, 0.2) is 0 Å². The third kappa shape index (κ3) is 2.84. The molecule has 0 fully saturated rings. The minimum absolute atomic E-state index is 0.0703. The third-order valence-corrected chi connectivity index (χ3v) is 5.55. The van der Waals surface area contributed by atoms with Crippen molar-refractivity contribution in [3.8, 4) is 5.75 Å². The van der Waals surface area contributed by atoms with E-state index >= 15 is 0 Å². The second kappa shape index (κ2) is 7.09. The lowest BCUT2D eigenvalue weighted by atomic mass is 9.83. The predicted molar refractivity (Wildman–Crippen MR) is 105 cm³/mol. The van der Waals surface area contributed by atoms with Gasteiger partial charge in [0.25, 0.3) is 0 Å². The van der Waals surface area contributed by atoms with E-state index in [-0.39, 0.29) is 39.7 Å². The highest BCUT2D eigenvalue weighted by atomic mass is 32.1. The number of benzene rings is 2. The topological polar surface area (TPSA) is 78.6 Å². The molecule has 142 valence electrons. The SMILES string of the molecule is CCOC(=O)C1=C(N)Oc2c(c(=O)sc3ccccc23)[C@@H]1c1ccccc1F. The van der Waals surface area contributed by atoms with E-state index in [0.717, 1.165) is 11.3 Å². The number of rotatable bonds is 3. The number of halogens is 1. The Balaban J connectivity index is 2.07. The summed E-state index contributed by atoms with van der Waals surface area (Å²) in [5.74, 6) is -2.25. The van der Waals surface area contributed by atoms with Crippen LogP contribution in [0.3, 0.4) is 0 Å². The van der Waals surface area contributed by atoms with Crippen molar-refractivity contribution in [1.82, 2.24) is 0 Å². The number of hydrogen-bond acceptors (Lipinski definition) is 6. The molecule has 3 aromatic rings. The Hall–Kier alpha value is -3.19. The van der Waals surface area contributed by atoms with E-state index in [1.807, 2.05) is 12.1 Å². The van der Waals surface area contributed by atoms with Gasteiger partial charge in [-0.1, -0.05) is 41.7 Å². The highest BCUT2D eigenvalue weighted by Crippen LogP contribution is 2.45. The number of carbonyl (C=O) groups is 1. The Morgan fingerprint density at radius 1 is 1.21 bits per heavy atom. The van der Waals surface area contributed by atoms with Gasteiger partial charge in [-0.2, -0.15) is 0 Å². The lowest BCUT2D eigenvalue weighted by Crippen LogP contribution is -2.31. The van der Waals surface area contributed by atoms with E-state index in [4.69, 9.17) is 15.2 Å². The molecule has 1 aliphatic heterocycles. The Morgan fingerprint density at radius 3 is 2.68 bits per heavy atom. The summed E-state index contributed by atoms with van der Waals surface area (Å²) in [6.45, 7) is 1.76. The van der Waals surface area contributed by atoms with Crippen LogP contribution in [0.15, 0.2) is 64.8 Å². The zero-order valence-corrected chi connectivity index (χ0v) is 15.7. The summed E-state index contributed by atoms with van der Waals surface area (Å²) in [4.78, 5) is 25.6. The molecule has 2 heterocycles. The summed E-state index contributed by atoms with van der Waals surface area (Å²) in [6.07, 6.45) is 0. The van der Waals surface area contributed by atoms with Gasteiger partial charge < -0.3 is 15.2 Å². The molecule has 7 heteroatoms. The summed E-state index contributed by atoms with van der Waals surface area (Å²) in [7, 11) is 0. The van der Waals surface area contributed by atoms with Crippen LogP contribution in [0.25, 0.3) is 10.1 Å². The third-order valence-electron chi connectivity index (χ3n) is 4.57. The van der Waals surface area contributed by atoms with E-state index in [2.05, 4.69) is 0 Å². The van der Waals surface area contributed by atoms with Gasteiger partial charge in [0.05, 0.1) is 18.1 Å². The first-order valence-electron chi connectivity index (χ1n) is 8.67. The molecule has 4 rings (SSSR count). The van der Waals surface area contributed by atoms with Crippen molar-refractivity contribution in [3.63, 3.8) is 0 Å². The first-order valence-corrected chi connectivity index (χ1v) is 9.49. The molecule has 5 nitrogen and oxygen atoms in total. The number of fused-ring (bicyclic) bond motifs is 3. The van der Waals surface area contributed by atoms with Crippen molar-refractivity contribution >= 4 is 27.4 Å². The number of nitrogens with two attached hydrogens (primary N) is 1. The molecule has 0 aliphatic carbocycles. The summed E-state index contributed by atoms with van der Waals surface area (Å²) < 4.78 is 25.9. The molecule has 0 unspecified atom stereocenters. The Morgan fingerprint density at radius 2 is 1.93 bits per heavy atom. The molecule has 1 atom stereocenters. The highest BCUT2D eigenvalue weighted by molar-refractivity contribution is 7.16. The summed E-state index contributed by atoms with van der Waals surface area (Å²) in [5, 5.41) is 0.675. The standard InChI is InChI=1S/C21H16FNO4S/c1-2-26-20(24)17-15(11-7-3-5-9-13(11)22)16-18(27-19(17)23)12-8-4-6-10-14(12)28-21(16)25/h3-10,15H,2,23H2,1H3/t15-/m0/s1. The second-order valence-corrected chi connectivity index (χ2v) is 7.20. The normalized spacial score (nSPS) is 15.9. The minimum Gasteiger partial charge on any atom is -0.462 e. The average molecular weight is 397 g/mol. The van der Waals surface area contributed by atoms with Crippen LogP contribution in [0.5, 0.6) is 5.75 Å². The monoisotopic (exact) mass is 397 g/mol. The predicted octanol–water partition coefficient (Wildman–Crippen LogP) is 3.66. The van der Waals surface area contributed by atoms with Gasteiger partial charge in [0.2, 0.25) is 10.6 Å². The largest absolute Gasteiger partial charge is 0.462 e. The molecule has 0 saturated carbocycles. The van der Waals surface area contributed by atoms with Gasteiger partial charge in [-0.3, -0.25) is 4.79 Å². The first-order chi connectivity index (χ1) is 13.5. The average Bonchev–Trinajstić information content (AvgIpc) is 2.67. The van der Waals surface area contributed by atoms with Gasteiger partial charge >= 0.3 is 5.97 Å². The molecular formula is C21H16FNO4S. The molecule has 28 heavy (non-hydrogen) atoms. The number of esters is 1. The van der Waals surface area contributed by atoms with Gasteiger partial charge in [-0.25, -0.2) is 9.18 Å². The van der Waals surface area contributed by atoms with Crippen molar-refractivity contribution in [1.29, 1.82) is 0 Å². The van der Waals surface area contributed by atoms with Crippen molar-refractivity contribution in [3.05, 3.63) is 86.5 Å². The molecule has 0 saturated heterocycles. The second-order valence-electron chi connectivity index (χ2n) is 6.18. The van der Waals surface area contributed by atoms with Crippen LogP contribution in [0.2, 0.25) is 0 Å². The van der Waals surface area contributed by atoms with Crippen molar-refractivity contribution in [2.75, 3.05) is 6.61 Å². The van der Waals surface area contributed by atoms with Crippen molar-refractivity contribution in [2.24, 2.45) is 5.73 Å². The summed E-state index contributed by atoms with van der Waals surface area (Å²) in [5.41, 5.74) is 6.36. The maximum atomic E-state index is 14.7. The lowest BCUT2D eigenvalue weighted by molar-refractivity contribution is -0.139. The van der Waals surface area contributed by atoms with Crippen LogP contribution in [0, 0.1) is 5.82 Å². The van der Waals surface area contributed by atoms with E-state index in [1.165, 1.54) is 18.2 Å². The van der Waals surface area contributed by atoms with E-state index in [0.29, 0.717) is 10.1 Å². The van der Waals surface area contributed by atoms with E-state index in [9.17, 15) is 14.0 Å². The summed E-state index contributed by atoms with van der Waals surface area (Å²) in [6, 6.07) is 13.2. The van der Waals surface area contributed by atoms with Crippen LogP contribution in [0.4, 0.5) is 4.39 Å². The maximum Gasteiger partial charge on any atom is 0.340 e. The van der Waals surface area contributed by atoms with Gasteiger partial charge in [-0.05, 0) is 25.1 Å². The first kappa shape index (κ1) is 18.2. The molecule has 0 bridgehead atoms. The number of ether oxygens (including phenoxy) is 2. The van der Waals surface area contributed by atoms with Crippen molar-refractivity contribution in [2.45, 2.75) is 12.8 Å². The number of hydrogen-bond donors (Lipinski definition) is 1. The fourth-order valence-electron chi connectivity index (χ4n) is 3.39. The Labute approximate surface area is 163 Å². The maximum absolute atomic E-state index is 14.7. The van der Waals surface area contributed by atoms with Crippen LogP contribution >= 0.6 is 11.3 Å². The Bertz CT molecular complexity index is 1180. The van der Waals surface area contributed by atoms with Gasteiger partial charge in [0, 0.05) is 15.6 Å². The molecule has 2 aromatic carbocycles. The zero-order chi connectivity index (χ0) is 19.8. The molecule has 2 N–H and O–H groups in total. The van der Waals surface area contributed by atoms with Crippen LogP contribution < -0.4 is 15.2 Å². The fourth-order valence-corrected chi connectivity index (χ4v) is 4.33.